The van der Waals surface area contributed by atoms with Crippen molar-refractivity contribution in [1.29, 1.82) is 0 Å². The van der Waals surface area contributed by atoms with Crippen LogP contribution in [0.3, 0.4) is 0 Å². The van der Waals surface area contributed by atoms with E-state index in [0.29, 0.717) is 11.8 Å². The molecule has 0 amide bonds. The molecule has 1 heterocycles. The van der Waals surface area contributed by atoms with Gasteiger partial charge in [-0.05, 0) is 12.0 Å². The van der Waals surface area contributed by atoms with Crippen LogP contribution in [-0.4, -0.2) is 12.1 Å². The van der Waals surface area contributed by atoms with Crippen LogP contribution in [0.5, 0.6) is 5.88 Å². The molecule has 2 nitrogen and oxygen atoms in total. The van der Waals surface area contributed by atoms with Gasteiger partial charge in [-0.3, -0.25) is 0 Å². The highest BCUT2D eigenvalue weighted by atomic mass is 16.5. The monoisotopic (exact) mass is 195 g/mol. The lowest BCUT2D eigenvalue weighted by Gasteiger charge is -2.04. The average Bonchev–Trinajstić information content (AvgIpc) is 2.19. The molecule has 0 fully saturated rings. The molecule has 0 saturated carbocycles. The molecule has 0 unspecified atom stereocenters. The lowest BCUT2D eigenvalue weighted by molar-refractivity contribution is 0.395. The molecule has 80 valence electrons. The van der Waals surface area contributed by atoms with Gasteiger partial charge in [0, 0.05) is 11.8 Å². The first-order valence-electron chi connectivity index (χ1n) is 5.16. The Morgan fingerprint density at radius 3 is 2.29 bits per heavy atom. The molecule has 0 radical (unpaired) electrons. The van der Waals surface area contributed by atoms with Gasteiger partial charge in [-0.2, -0.15) is 0 Å². The van der Waals surface area contributed by atoms with E-state index in [9.17, 15) is 0 Å². The fourth-order valence-electron chi connectivity index (χ4n) is 0.866. The summed E-state index contributed by atoms with van der Waals surface area (Å²) in [6, 6.07) is 5.82. The van der Waals surface area contributed by atoms with E-state index in [1.165, 1.54) is 6.42 Å². The van der Waals surface area contributed by atoms with Crippen molar-refractivity contribution in [1.82, 2.24) is 4.98 Å². The molecule has 1 aromatic heterocycles. The Bertz CT molecular complexity index is 246. The Balaban J connectivity index is 0.000000500. The molecule has 1 aromatic rings. The number of hydrogen-bond donors (Lipinski definition) is 0. The fraction of sp³-hybridized carbons (Fsp3) is 0.583. The number of ether oxygens (including phenoxy) is 1. The van der Waals surface area contributed by atoms with E-state index >= 15 is 0 Å². The number of methoxy groups -OCH3 is 1. The summed E-state index contributed by atoms with van der Waals surface area (Å²) in [7, 11) is 1.63. The highest BCUT2D eigenvalue weighted by Gasteiger charge is 2.00. The Kier molecular flexibility index (Phi) is 6.81. The number of rotatable bonds is 2. The van der Waals surface area contributed by atoms with Crippen LogP contribution in [0.1, 0.15) is 45.7 Å². The average molecular weight is 195 g/mol. The van der Waals surface area contributed by atoms with Crippen molar-refractivity contribution < 1.29 is 4.74 Å². The molecule has 0 atom stereocenters. The van der Waals surface area contributed by atoms with Crippen LogP contribution in [0.4, 0.5) is 0 Å². The van der Waals surface area contributed by atoms with Gasteiger partial charge in [-0.25, -0.2) is 4.98 Å². The van der Waals surface area contributed by atoms with E-state index in [4.69, 9.17) is 4.74 Å². The van der Waals surface area contributed by atoms with Gasteiger partial charge in [0.15, 0.2) is 0 Å². The second kappa shape index (κ2) is 7.36. The summed E-state index contributed by atoms with van der Waals surface area (Å²) in [4.78, 5) is 4.27. The molecule has 0 aromatic carbocycles. The van der Waals surface area contributed by atoms with Gasteiger partial charge in [-0.15, -0.1) is 0 Å². The minimum absolute atomic E-state index is 0.463. The van der Waals surface area contributed by atoms with Crippen molar-refractivity contribution >= 4 is 0 Å². The summed E-state index contributed by atoms with van der Waals surface area (Å²) in [6.45, 7) is 8.48. The topological polar surface area (TPSA) is 22.1 Å². The zero-order valence-corrected chi connectivity index (χ0v) is 9.87. The Hall–Kier alpha value is -1.05. The third-order valence-electron chi connectivity index (χ3n) is 1.55. The zero-order chi connectivity index (χ0) is 11.0. The Morgan fingerprint density at radius 1 is 1.29 bits per heavy atom. The minimum atomic E-state index is 0.463. The first-order chi connectivity index (χ1) is 6.65. The molecular formula is C12H21NO. The molecule has 0 aliphatic carbocycles. The van der Waals surface area contributed by atoms with Crippen LogP contribution in [0.25, 0.3) is 0 Å². The normalized spacial score (nSPS) is 9.29. The number of pyridine rings is 1. The third-order valence-corrected chi connectivity index (χ3v) is 1.55. The van der Waals surface area contributed by atoms with Gasteiger partial charge in [0.25, 0.3) is 0 Å². The summed E-state index contributed by atoms with van der Waals surface area (Å²) >= 11 is 0. The maximum absolute atomic E-state index is 4.99. The maximum Gasteiger partial charge on any atom is 0.213 e. The van der Waals surface area contributed by atoms with Crippen molar-refractivity contribution in [2.75, 3.05) is 7.11 Å². The van der Waals surface area contributed by atoms with E-state index in [-0.39, 0.29) is 0 Å². The Morgan fingerprint density at radius 2 is 1.86 bits per heavy atom. The van der Waals surface area contributed by atoms with E-state index in [2.05, 4.69) is 32.7 Å². The molecule has 0 aliphatic heterocycles. The van der Waals surface area contributed by atoms with Crippen LogP contribution in [0.2, 0.25) is 0 Å². The predicted molar refractivity (Wildman–Crippen MR) is 60.8 cm³/mol. The van der Waals surface area contributed by atoms with Gasteiger partial charge in [0.1, 0.15) is 0 Å². The minimum Gasteiger partial charge on any atom is -0.481 e. The van der Waals surface area contributed by atoms with Crippen LogP contribution < -0.4 is 4.74 Å². The van der Waals surface area contributed by atoms with Gasteiger partial charge in [0.2, 0.25) is 5.88 Å². The lowest BCUT2D eigenvalue weighted by Crippen LogP contribution is -1.94. The molecule has 0 spiro atoms. The van der Waals surface area contributed by atoms with Crippen molar-refractivity contribution in [2.24, 2.45) is 0 Å². The van der Waals surface area contributed by atoms with Crippen LogP contribution in [-0.2, 0) is 0 Å². The summed E-state index contributed by atoms with van der Waals surface area (Å²) in [5.74, 6) is 1.15. The smallest absolute Gasteiger partial charge is 0.213 e. The third kappa shape index (κ3) is 4.85. The number of aromatic nitrogens is 1. The van der Waals surface area contributed by atoms with Gasteiger partial charge >= 0.3 is 0 Å². The number of hydrogen-bond acceptors (Lipinski definition) is 2. The molecule has 0 saturated heterocycles. The number of nitrogens with zero attached hydrogens (tertiary/aromatic N) is 1. The van der Waals surface area contributed by atoms with Gasteiger partial charge < -0.3 is 4.74 Å². The highest BCUT2D eigenvalue weighted by molar-refractivity contribution is 5.17. The largest absolute Gasteiger partial charge is 0.481 e. The standard InChI is InChI=1S/C9H13NO.C3H8/c1-7(2)8-5-4-6-9(10-8)11-3;1-3-2/h4-7H,1-3H3;3H2,1-2H3. The first kappa shape index (κ1) is 12.9. The van der Waals surface area contributed by atoms with Crippen LogP contribution in [0.15, 0.2) is 18.2 Å². The Labute approximate surface area is 87.3 Å². The van der Waals surface area contributed by atoms with Crippen LogP contribution >= 0.6 is 0 Å². The summed E-state index contributed by atoms with van der Waals surface area (Å²) in [5, 5.41) is 0. The van der Waals surface area contributed by atoms with E-state index in [1.54, 1.807) is 7.11 Å². The summed E-state index contributed by atoms with van der Waals surface area (Å²) in [6.07, 6.45) is 1.25. The van der Waals surface area contributed by atoms with E-state index in [0.717, 1.165) is 5.69 Å². The van der Waals surface area contributed by atoms with Gasteiger partial charge in [0.05, 0.1) is 7.11 Å². The molecule has 2 heteroatoms. The van der Waals surface area contributed by atoms with Crippen molar-refractivity contribution in [3.8, 4) is 5.88 Å². The SMILES string of the molecule is CCC.COc1cccc(C(C)C)n1. The molecule has 0 bridgehead atoms. The molecule has 0 N–H and O–H groups in total. The van der Waals surface area contributed by atoms with E-state index < -0.39 is 0 Å². The van der Waals surface area contributed by atoms with Crippen molar-refractivity contribution in [3.05, 3.63) is 23.9 Å². The van der Waals surface area contributed by atoms with Crippen molar-refractivity contribution in [2.45, 2.75) is 40.0 Å². The second-order valence-corrected chi connectivity index (χ2v) is 3.47. The lowest BCUT2D eigenvalue weighted by atomic mass is 10.1. The summed E-state index contributed by atoms with van der Waals surface area (Å²) < 4.78 is 4.99. The molecule has 1 rings (SSSR count). The second-order valence-electron chi connectivity index (χ2n) is 3.47. The van der Waals surface area contributed by atoms with E-state index in [1.807, 2.05) is 18.2 Å². The quantitative estimate of drug-likeness (QED) is 0.719. The van der Waals surface area contributed by atoms with Crippen LogP contribution in [0, 0.1) is 0 Å². The predicted octanol–water partition coefficient (Wildman–Crippen LogP) is 3.63. The maximum atomic E-state index is 4.99. The molecule has 0 aliphatic rings. The molecular weight excluding hydrogens is 174 g/mol. The molecule has 14 heavy (non-hydrogen) atoms. The van der Waals surface area contributed by atoms with Gasteiger partial charge in [-0.1, -0.05) is 40.2 Å². The highest BCUT2D eigenvalue weighted by Crippen LogP contribution is 2.14. The zero-order valence-electron chi connectivity index (χ0n) is 9.87. The summed E-state index contributed by atoms with van der Waals surface area (Å²) in [5.41, 5.74) is 1.07. The van der Waals surface area contributed by atoms with Crippen molar-refractivity contribution in [3.63, 3.8) is 0 Å². The first-order valence-corrected chi connectivity index (χ1v) is 5.16. The fourth-order valence-corrected chi connectivity index (χ4v) is 0.866.